The minimum Gasteiger partial charge on any atom is -0.672 e. The van der Waals surface area contributed by atoms with Crippen LogP contribution in [0.2, 0.25) is 0 Å². The van der Waals surface area contributed by atoms with Gasteiger partial charge in [-0.2, -0.15) is 0 Å². The Hall–Kier alpha value is -0.777. The van der Waals surface area contributed by atoms with Crippen LogP contribution < -0.4 is 0 Å². The van der Waals surface area contributed by atoms with Crippen molar-refractivity contribution in [1.29, 1.82) is 0 Å². The second kappa shape index (κ2) is 13.5. The fourth-order valence-electron chi connectivity index (χ4n) is 3.65. The number of benzene rings is 2. The molecule has 0 radical (unpaired) electrons. The summed E-state index contributed by atoms with van der Waals surface area (Å²) in [6, 6.07) is 17.2. The van der Waals surface area contributed by atoms with Crippen molar-refractivity contribution in [1.82, 2.24) is 0 Å². The molecule has 0 spiro atoms. The van der Waals surface area contributed by atoms with Gasteiger partial charge in [-0.05, 0) is 12.3 Å². The van der Waals surface area contributed by atoms with Crippen LogP contribution in [0.1, 0.15) is 55.3 Å². The van der Waals surface area contributed by atoms with Gasteiger partial charge in [-0.3, -0.25) is 0 Å². The monoisotopic (exact) mass is 522 g/mol. The molecule has 7 heteroatoms. The second-order valence-electron chi connectivity index (χ2n) is 7.07. The van der Waals surface area contributed by atoms with E-state index in [-0.39, 0.29) is 13.2 Å². The summed E-state index contributed by atoms with van der Waals surface area (Å²) < 4.78 is 29.5. The Morgan fingerprint density at radius 3 is 1.97 bits per heavy atom. The van der Waals surface area contributed by atoms with Gasteiger partial charge in [-0.15, -0.1) is 12.1 Å². The quantitative estimate of drug-likeness (QED) is 0.279. The van der Waals surface area contributed by atoms with E-state index >= 15 is 0 Å². The van der Waals surface area contributed by atoms with Crippen LogP contribution in [-0.4, -0.2) is 14.2 Å². The smallest absolute Gasteiger partial charge is 0.0725 e. The molecule has 1 fully saturated rings. The predicted octanol–water partition coefficient (Wildman–Crippen LogP) is 6.94. The molecule has 3 rings (SSSR count). The molecule has 0 heterocycles. The van der Waals surface area contributed by atoms with Crippen molar-refractivity contribution < 1.29 is 25.7 Å². The number of rotatable bonds is 8. The van der Waals surface area contributed by atoms with Gasteiger partial charge in [0.05, 0.1) is 10.0 Å². The van der Waals surface area contributed by atoms with E-state index in [1.807, 2.05) is 78.0 Å². The van der Waals surface area contributed by atoms with Crippen LogP contribution in [-0.2, 0) is 27.3 Å². The van der Waals surface area contributed by atoms with Crippen molar-refractivity contribution in [2.24, 2.45) is 5.92 Å². The maximum Gasteiger partial charge on any atom is 0.0725 e. The van der Waals surface area contributed by atoms with Crippen LogP contribution in [0.25, 0.3) is 10.5 Å². The fourth-order valence-corrected chi connectivity index (χ4v) is 4.97. The molecule has 1 saturated carbocycles. The Bertz CT molecular complexity index is 785. The molecule has 0 saturated heterocycles. The average Bonchev–Trinajstić information content (AvgIpc) is 3.27. The van der Waals surface area contributed by atoms with Crippen molar-refractivity contribution in [3.05, 3.63) is 89.7 Å². The van der Waals surface area contributed by atoms with E-state index in [4.69, 9.17) is 5.73 Å². The topological polar surface area (TPSA) is 72.0 Å². The van der Waals surface area contributed by atoms with Crippen LogP contribution in [0.5, 0.6) is 0 Å². The number of nitrogens with one attached hydrogen (secondary N) is 1. The van der Waals surface area contributed by atoms with Crippen molar-refractivity contribution in [3.63, 3.8) is 0 Å². The maximum absolute atomic E-state index is 12.7. The summed E-state index contributed by atoms with van der Waals surface area (Å²) in [5.41, 5.74) is 10.2. The summed E-state index contributed by atoms with van der Waals surface area (Å²) in [4.78, 5) is 0. The van der Waals surface area contributed by atoms with Gasteiger partial charge in [0.25, 0.3) is 0 Å². The Labute approximate surface area is 190 Å². The zero-order valence-corrected chi connectivity index (χ0v) is 20.0. The summed E-state index contributed by atoms with van der Waals surface area (Å²) in [5, 5.41) is 0. The van der Waals surface area contributed by atoms with E-state index < -0.39 is 22.1 Å². The summed E-state index contributed by atoms with van der Waals surface area (Å²) >= 11 is 1.82. The minimum absolute atomic E-state index is 0. The van der Waals surface area contributed by atoms with E-state index in [0.29, 0.717) is 12.3 Å². The first-order chi connectivity index (χ1) is 13.6. The molecule has 1 aliphatic carbocycles. The molecule has 1 N–H and O–H groups in total. The number of hydrogen-bond donors (Lipinski definition) is 0. The van der Waals surface area contributed by atoms with Crippen LogP contribution >= 0.6 is 9.69 Å². The van der Waals surface area contributed by atoms with E-state index in [9.17, 15) is 8.42 Å². The van der Waals surface area contributed by atoms with Crippen LogP contribution in [0.3, 0.4) is 0 Å². The standard InChI is InChI=1S/C21H26N2O2S.CH3.ClH.Ru/c22-20(18-11-3-1-4-12-18)21(19-13-5-2-6-14-19)23-26(24,25)16-15-17-9-7-8-10-17;;;/h1-6,11-14,17,20-22H,7-10,15-16H2;1H3;1H;/q-2;-1;;+4/p-1. The summed E-state index contributed by atoms with van der Waals surface area (Å²) in [7, 11) is 1.00. The molecule has 2 atom stereocenters. The molecule has 0 bridgehead atoms. The summed E-state index contributed by atoms with van der Waals surface area (Å²) in [6.07, 6.45) is 5.35. The molecule has 160 valence electrons. The van der Waals surface area contributed by atoms with E-state index in [0.717, 1.165) is 24.0 Å². The molecule has 0 amide bonds. The van der Waals surface area contributed by atoms with Crippen molar-refractivity contribution in [2.45, 2.75) is 44.2 Å². The average molecular weight is 522 g/mol. The SMILES string of the molecule is [CH3-].[Cl][Ru+3].[NH-]C(c1ccccc1)C([N-]S(=O)(=O)CCC1CCCC1)c1ccccc1. The van der Waals surface area contributed by atoms with Gasteiger partial charge in [-0.25, -0.2) is 8.42 Å². The molecule has 2 aromatic carbocycles. The molecule has 2 unspecified atom stereocenters. The number of halogens is 1. The molecule has 29 heavy (non-hydrogen) atoms. The van der Waals surface area contributed by atoms with Gasteiger partial charge in [0.15, 0.2) is 0 Å². The maximum atomic E-state index is 12.7. The third kappa shape index (κ3) is 8.47. The number of sulfonamides is 1. The minimum atomic E-state index is -3.56. The molecule has 0 aromatic heterocycles. The molecule has 4 nitrogen and oxygen atoms in total. The largest absolute Gasteiger partial charge is 0.672 e. The molecule has 0 aliphatic heterocycles. The normalized spacial score (nSPS) is 16.2. The Morgan fingerprint density at radius 1 is 0.966 bits per heavy atom. The van der Waals surface area contributed by atoms with Gasteiger partial charge in [0.2, 0.25) is 0 Å². The third-order valence-electron chi connectivity index (χ3n) is 5.15. The molecular weight excluding hydrogens is 493 g/mol. The summed E-state index contributed by atoms with van der Waals surface area (Å²) in [6.45, 7) is 0. The van der Waals surface area contributed by atoms with Crippen molar-refractivity contribution in [3.8, 4) is 0 Å². The van der Waals surface area contributed by atoms with Crippen LogP contribution in [0.15, 0.2) is 60.7 Å². The van der Waals surface area contributed by atoms with Gasteiger partial charge in [0.1, 0.15) is 0 Å². The van der Waals surface area contributed by atoms with E-state index in [2.05, 4.69) is 14.4 Å². The first-order valence-electron chi connectivity index (χ1n) is 9.44. The van der Waals surface area contributed by atoms with Gasteiger partial charge in [0, 0.05) is 5.75 Å². The van der Waals surface area contributed by atoms with Crippen LogP contribution in [0, 0.1) is 13.3 Å². The van der Waals surface area contributed by atoms with Crippen LogP contribution in [0.4, 0.5) is 0 Å². The molecule has 1 aliphatic rings. The molecular formula is C22H29ClN2O2RuS. The zero-order chi connectivity index (χ0) is 20.4. The number of hydrogen-bond acceptors (Lipinski definition) is 2. The Morgan fingerprint density at radius 2 is 1.45 bits per heavy atom. The fraction of sp³-hybridized carbons (Fsp3) is 0.409. The second-order valence-corrected chi connectivity index (χ2v) is 8.86. The van der Waals surface area contributed by atoms with Gasteiger partial charge >= 0.3 is 27.0 Å². The van der Waals surface area contributed by atoms with Gasteiger partial charge < -0.3 is 17.9 Å². The van der Waals surface area contributed by atoms with E-state index in [1.165, 1.54) is 12.8 Å². The number of nitrogens with zero attached hydrogens (tertiary/aromatic N) is 1. The van der Waals surface area contributed by atoms with Crippen molar-refractivity contribution >= 4 is 19.7 Å². The third-order valence-corrected chi connectivity index (χ3v) is 6.45. The van der Waals surface area contributed by atoms with E-state index in [1.54, 1.807) is 0 Å². The zero-order valence-electron chi connectivity index (χ0n) is 16.7. The molecule has 2 aromatic rings. The van der Waals surface area contributed by atoms with Crippen molar-refractivity contribution in [2.75, 3.05) is 5.75 Å². The Balaban J connectivity index is 0.00000136. The first kappa shape index (κ1) is 26.3. The first-order valence-corrected chi connectivity index (χ1v) is 13.3. The van der Waals surface area contributed by atoms with Gasteiger partial charge in [-0.1, -0.05) is 97.5 Å². The predicted molar refractivity (Wildman–Crippen MR) is 119 cm³/mol. The Kier molecular flexibility index (Phi) is 12.2. The summed E-state index contributed by atoms with van der Waals surface area (Å²) in [5.74, 6) is 0.596.